The predicted octanol–water partition coefficient (Wildman–Crippen LogP) is 3.45. The predicted molar refractivity (Wildman–Crippen MR) is 81.2 cm³/mol. The van der Waals surface area contributed by atoms with Gasteiger partial charge in [-0.25, -0.2) is 0 Å². The molecule has 0 aliphatic rings. The first-order valence-corrected chi connectivity index (χ1v) is 8.00. The number of nitrogens with zero attached hydrogens (tertiary/aromatic N) is 2. The number of hydrogen-bond donors (Lipinski definition) is 2. The highest BCUT2D eigenvalue weighted by Crippen LogP contribution is 2.29. The Morgan fingerprint density at radius 2 is 2.11 bits per heavy atom. The van der Waals surface area contributed by atoms with E-state index < -0.39 is 6.10 Å². The summed E-state index contributed by atoms with van der Waals surface area (Å²) in [6.07, 6.45) is -0.534. The number of thioether (sulfide) groups is 1. The molecule has 1 aromatic heterocycles. The number of hydrogen-bond acceptors (Lipinski definition) is 6. The van der Waals surface area contributed by atoms with Crippen LogP contribution in [0.3, 0.4) is 0 Å². The van der Waals surface area contributed by atoms with Gasteiger partial charge in [0.05, 0.1) is 6.10 Å². The van der Waals surface area contributed by atoms with Crippen molar-refractivity contribution >= 4 is 39.8 Å². The van der Waals surface area contributed by atoms with E-state index in [-0.39, 0.29) is 0 Å². The van der Waals surface area contributed by atoms with E-state index in [1.807, 2.05) is 19.1 Å². The summed E-state index contributed by atoms with van der Waals surface area (Å²) in [6.45, 7) is 2.84. The summed E-state index contributed by atoms with van der Waals surface area (Å²) in [5.74, 6) is 0.544. The lowest BCUT2D eigenvalue weighted by Gasteiger charge is -2.09. The highest BCUT2D eigenvalue weighted by Gasteiger charge is 2.10. The van der Waals surface area contributed by atoms with Crippen LogP contribution in [0.25, 0.3) is 0 Å². The molecule has 1 unspecified atom stereocenters. The van der Waals surface area contributed by atoms with Crippen LogP contribution in [0.15, 0.2) is 28.6 Å². The molecule has 1 atom stereocenters. The highest BCUT2D eigenvalue weighted by atomic mass is 35.5. The number of nitrogens with one attached hydrogen (secondary N) is 1. The van der Waals surface area contributed by atoms with E-state index in [4.69, 9.17) is 11.6 Å². The topological polar surface area (TPSA) is 58.0 Å². The average molecular weight is 316 g/mol. The second-order valence-corrected chi connectivity index (χ2v) is 6.46. The number of anilines is 1. The zero-order valence-electron chi connectivity index (χ0n) is 10.3. The normalized spacial score (nSPS) is 12.4. The second kappa shape index (κ2) is 7.09. The molecule has 102 valence electrons. The van der Waals surface area contributed by atoms with Crippen LogP contribution in [-0.2, 0) is 0 Å². The lowest BCUT2D eigenvalue weighted by molar-refractivity contribution is 0.204. The minimum absolute atomic E-state index is 0.534. The van der Waals surface area contributed by atoms with Gasteiger partial charge in [0.2, 0.25) is 5.13 Å². The molecule has 4 nitrogen and oxygen atoms in total. The first-order valence-electron chi connectivity index (χ1n) is 5.82. The molecule has 0 aliphatic heterocycles. The molecule has 2 rings (SSSR count). The maximum atomic E-state index is 10.1. The van der Waals surface area contributed by atoms with E-state index in [2.05, 4.69) is 15.5 Å². The third-order valence-electron chi connectivity index (χ3n) is 2.35. The van der Waals surface area contributed by atoms with Gasteiger partial charge in [0.1, 0.15) is 0 Å². The summed E-state index contributed by atoms with van der Waals surface area (Å²) >= 11 is 8.80. The van der Waals surface area contributed by atoms with Crippen molar-refractivity contribution in [3.8, 4) is 0 Å². The third kappa shape index (κ3) is 4.35. The Morgan fingerprint density at radius 1 is 1.37 bits per heavy atom. The molecule has 0 saturated carbocycles. The lowest BCUT2D eigenvalue weighted by Crippen LogP contribution is -1.99. The van der Waals surface area contributed by atoms with Crippen molar-refractivity contribution in [2.24, 2.45) is 0 Å². The molecule has 2 aromatic rings. The van der Waals surface area contributed by atoms with E-state index in [0.29, 0.717) is 10.8 Å². The van der Waals surface area contributed by atoms with E-state index >= 15 is 0 Å². The zero-order valence-corrected chi connectivity index (χ0v) is 12.7. The number of aliphatic hydroxyl groups excluding tert-OH is 1. The van der Waals surface area contributed by atoms with Crippen molar-refractivity contribution in [2.45, 2.75) is 17.4 Å². The number of aliphatic hydroxyl groups is 1. The smallest absolute Gasteiger partial charge is 0.206 e. The number of rotatable bonds is 6. The molecular weight excluding hydrogens is 302 g/mol. The van der Waals surface area contributed by atoms with E-state index in [1.54, 1.807) is 12.1 Å². The van der Waals surface area contributed by atoms with Gasteiger partial charge in [-0.2, -0.15) is 0 Å². The summed E-state index contributed by atoms with van der Waals surface area (Å²) in [4.78, 5) is 0. The number of benzene rings is 1. The Kier molecular flexibility index (Phi) is 5.45. The number of halogens is 1. The molecule has 7 heteroatoms. The molecule has 0 aliphatic carbocycles. The first-order chi connectivity index (χ1) is 9.19. The zero-order chi connectivity index (χ0) is 13.7. The Labute approximate surface area is 125 Å². The van der Waals surface area contributed by atoms with Crippen LogP contribution in [0, 0.1) is 0 Å². The van der Waals surface area contributed by atoms with Gasteiger partial charge in [-0.1, -0.05) is 46.8 Å². The van der Waals surface area contributed by atoms with Crippen LogP contribution in [0.5, 0.6) is 0 Å². The van der Waals surface area contributed by atoms with Gasteiger partial charge in [-0.05, 0) is 24.6 Å². The maximum Gasteiger partial charge on any atom is 0.206 e. The van der Waals surface area contributed by atoms with Crippen molar-refractivity contribution in [3.05, 3.63) is 34.9 Å². The second-order valence-electron chi connectivity index (χ2n) is 3.78. The highest BCUT2D eigenvalue weighted by molar-refractivity contribution is 8.01. The van der Waals surface area contributed by atoms with Crippen LogP contribution in [-0.4, -0.2) is 27.6 Å². The van der Waals surface area contributed by atoms with Crippen LogP contribution < -0.4 is 5.32 Å². The summed E-state index contributed by atoms with van der Waals surface area (Å²) in [5.41, 5.74) is 0.855. The van der Waals surface area contributed by atoms with Crippen molar-refractivity contribution in [1.29, 1.82) is 0 Å². The molecule has 0 saturated heterocycles. The molecule has 19 heavy (non-hydrogen) atoms. The Morgan fingerprint density at radius 3 is 2.79 bits per heavy atom. The molecule has 1 aromatic carbocycles. The minimum Gasteiger partial charge on any atom is -0.388 e. The van der Waals surface area contributed by atoms with Crippen molar-refractivity contribution < 1.29 is 5.11 Å². The Hall–Kier alpha value is -0.820. The summed E-state index contributed by atoms with van der Waals surface area (Å²) in [6, 6.07) is 7.22. The fraction of sp³-hybridized carbons (Fsp3) is 0.333. The molecule has 1 heterocycles. The molecule has 0 fully saturated rings. The van der Waals surface area contributed by atoms with Gasteiger partial charge in [0.15, 0.2) is 4.34 Å². The molecular formula is C12H14ClN3OS2. The minimum atomic E-state index is -0.534. The molecule has 0 spiro atoms. The van der Waals surface area contributed by atoms with Gasteiger partial charge in [0.25, 0.3) is 0 Å². The maximum absolute atomic E-state index is 10.1. The van der Waals surface area contributed by atoms with Gasteiger partial charge >= 0.3 is 0 Å². The van der Waals surface area contributed by atoms with Crippen molar-refractivity contribution in [2.75, 3.05) is 17.6 Å². The van der Waals surface area contributed by atoms with Crippen molar-refractivity contribution in [1.82, 2.24) is 10.2 Å². The van der Waals surface area contributed by atoms with Crippen LogP contribution in [0.4, 0.5) is 5.13 Å². The Bertz CT molecular complexity index is 518. The van der Waals surface area contributed by atoms with Crippen LogP contribution in [0.2, 0.25) is 5.02 Å². The lowest BCUT2D eigenvalue weighted by atomic mass is 10.1. The fourth-order valence-corrected chi connectivity index (χ4v) is 3.36. The van der Waals surface area contributed by atoms with Crippen LogP contribution in [0.1, 0.15) is 18.6 Å². The SMILES string of the molecule is CCNc1nnc(SCC(O)c2ccc(Cl)cc2)s1. The van der Waals surface area contributed by atoms with E-state index in [9.17, 15) is 5.11 Å². The quantitative estimate of drug-likeness (QED) is 0.800. The fourth-order valence-electron chi connectivity index (χ4n) is 1.42. The first kappa shape index (κ1) is 14.6. The van der Waals surface area contributed by atoms with Crippen LogP contribution >= 0.6 is 34.7 Å². The van der Waals surface area contributed by atoms with Gasteiger partial charge in [0, 0.05) is 17.3 Å². The summed E-state index contributed by atoms with van der Waals surface area (Å²) in [7, 11) is 0. The van der Waals surface area contributed by atoms with E-state index in [1.165, 1.54) is 23.1 Å². The standard InChI is InChI=1S/C12H14ClN3OS2/c1-2-14-11-15-16-12(19-11)18-7-10(17)8-3-5-9(13)6-4-8/h3-6,10,17H,2,7H2,1H3,(H,14,15). The largest absolute Gasteiger partial charge is 0.388 e. The van der Waals surface area contributed by atoms with Gasteiger partial charge < -0.3 is 10.4 Å². The molecule has 0 bridgehead atoms. The molecule has 0 radical (unpaired) electrons. The average Bonchev–Trinajstić information content (AvgIpc) is 2.85. The van der Waals surface area contributed by atoms with Gasteiger partial charge in [-0.15, -0.1) is 10.2 Å². The summed E-state index contributed by atoms with van der Waals surface area (Å²) in [5, 5.41) is 22.7. The molecule has 2 N–H and O–H groups in total. The monoisotopic (exact) mass is 315 g/mol. The van der Waals surface area contributed by atoms with Crippen molar-refractivity contribution in [3.63, 3.8) is 0 Å². The molecule has 0 amide bonds. The number of aromatic nitrogens is 2. The van der Waals surface area contributed by atoms with E-state index in [0.717, 1.165) is 21.6 Å². The summed E-state index contributed by atoms with van der Waals surface area (Å²) < 4.78 is 0.851. The van der Waals surface area contributed by atoms with Gasteiger partial charge in [-0.3, -0.25) is 0 Å². The third-order valence-corrected chi connectivity index (χ3v) is 4.70. The Balaban J connectivity index is 1.88.